The molecule has 1 heterocycles. The third-order valence-electron chi connectivity index (χ3n) is 4.96. The molecule has 0 fully saturated rings. The zero-order valence-corrected chi connectivity index (χ0v) is 16.5. The lowest BCUT2D eigenvalue weighted by atomic mass is 9.65. The summed E-state index contributed by atoms with van der Waals surface area (Å²) in [6.45, 7) is 4.78. The predicted octanol–water partition coefficient (Wildman–Crippen LogP) is 1.38. The number of esters is 1. The standard InChI is InChI=1S/C20H23NO8/c1-19(2,3)29-18(27)21-15-14(24)13(23)12(22)9-20(15,17(26)28-4)11-8-6-5-7-10(11)16(21)25/h5-8,12-13,22-24H,9H2,1-4H3/t12-,13-,20+/m1/s1. The van der Waals surface area contributed by atoms with Gasteiger partial charge >= 0.3 is 12.1 Å². The average Bonchev–Trinajstić information content (AvgIpc) is 2.65. The number of aliphatic hydroxyl groups is 3. The van der Waals surface area contributed by atoms with Gasteiger partial charge in [0.05, 0.1) is 18.9 Å². The number of fused-ring (bicyclic) bond motifs is 3. The van der Waals surface area contributed by atoms with Crippen molar-refractivity contribution < 1.29 is 39.2 Å². The minimum absolute atomic E-state index is 0.0175. The summed E-state index contributed by atoms with van der Waals surface area (Å²) in [5.74, 6) is -2.61. The molecule has 1 aliphatic heterocycles. The summed E-state index contributed by atoms with van der Waals surface area (Å²) < 4.78 is 10.2. The number of imide groups is 1. The number of rotatable bonds is 1. The number of carbonyl (C=O) groups excluding carboxylic acids is 3. The van der Waals surface area contributed by atoms with Crippen molar-refractivity contribution in [1.29, 1.82) is 0 Å². The third-order valence-corrected chi connectivity index (χ3v) is 4.96. The van der Waals surface area contributed by atoms with Crippen LogP contribution in [0.3, 0.4) is 0 Å². The summed E-state index contributed by atoms with van der Waals surface area (Å²) in [6.07, 6.45) is -4.88. The molecule has 2 aliphatic rings. The summed E-state index contributed by atoms with van der Waals surface area (Å²) in [5, 5.41) is 31.2. The molecule has 3 N–H and O–H groups in total. The van der Waals surface area contributed by atoms with Crippen LogP contribution in [0.5, 0.6) is 0 Å². The van der Waals surface area contributed by atoms with E-state index in [9.17, 15) is 29.7 Å². The lowest BCUT2D eigenvalue weighted by Gasteiger charge is -2.47. The normalized spacial score (nSPS) is 26.6. The molecule has 3 rings (SSSR count). The number of hydrogen-bond donors (Lipinski definition) is 3. The van der Waals surface area contributed by atoms with Crippen LogP contribution in [-0.4, -0.2) is 63.1 Å². The van der Waals surface area contributed by atoms with Crippen LogP contribution in [0.15, 0.2) is 35.7 Å². The maximum Gasteiger partial charge on any atom is 0.421 e. The van der Waals surface area contributed by atoms with Gasteiger partial charge in [-0.3, -0.25) is 9.59 Å². The molecule has 1 aromatic rings. The molecule has 156 valence electrons. The van der Waals surface area contributed by atoms with Gasteiger partial charge in [-0.15, -0.1) is 0 Å². The number of ether oxygens (including phenoxy) is 2. The Kier molecular flexibility index (Phi) is 4.92. The molecule has 0 aromatic heterocycles. The van der Waals surface area contributed by atoms with Gasteiger partial charge in [0.1, 0.15) is 22.9 Å². The second kappa shape index (κ2) is 6.85. The molecule has 0 unspecified atom stereocenters. The molecule has 0 spiro atoms. The summed E-state index contributed by atoms with van der Waals surface area (Å²) in [6, 6.07) is 6.03. The first kappa shape index (κ1) is 20.8. The van der Waals surface area contributed by atoms with Crippen molar-refractivity contribution in [3.8, 4) is 0 Å². The first-order valence-electron chi connectivity index (χ1n) is 9.00. The number of hydrogen-bond acceptors (Lipinski definition) is 8. The number of aliphatic hydroxyl groups excluding tert-OH is 3. The van der Waals surface area contributed by atoms with E-state index in [1.54, 1.807) is 32.9 Å². The molecule has 0 bridgehead atoms. The molecule has 1 aromatic carbocycles. The summed E-state index contributed by atoms with van der Waals surface area (Å²) >= 11 is 0. The van der Waals surface area contributed by atoms with Crippen molar-refractivity contribution in [2.75, 3.05) is 7.11 Å². The van der Waals surface area contributed by atoms with Gasteiger partial charge in [0.2, 0.25) is 0 Å². The summed E-state index contributed by atoms with van der Waals surface area (Å²) in [4.78, 5) is 39.6. The van der Waals surface area contributed by atoms with Gasteiger partial charge in [-0.05, 0) is 32.4 Å². The summed E-state index contributed by atoms with van der Waals surface area (Å²) in [7, 11) is 1.11. The van der Waals surface area contributed by atoms with Gasteiger partial charge in [-0.25, -0.2) is 9.69 Å². The Morgan fingerprint density at radius 1 is 1.21 bits per heavy atom. The van der Waals surface area contributed by atoms with Crippen molar-refractivity contribution in [2.45, 2.75) is 50.4 Å². The maximum absolute atomic E-state index is 13.2. The van der Waals surface area contributed by atoms with E-state index in [1.807, 2.05) is 0 Å². The second-order valence-corrected chi connectivity index (χ2v) is 8.01. The smallest absolute Gasteiger partial charge is 0.421 e. The molecule has 0 saturated heterocycles. The first-order chi connectivity index (χ1) is 13.5. The monoisotopic (exact) mass is 405 g/mol. The Morgan fingerprint density at radius 2 is 1.83 bits per heavy atom. The van der Waals surface area contributed by atoms with E-state index in [0.29, 0.717) is 4.90 Å². The van der Waals surface area contributed by atoms with Crippen LogP contribution in [0, 0.1) is 0 Å². The summed E-state index contributed by atoms with van der Waals surface area (Å²) in [5.41, 5.74) is -3.17. The number of amides is 2. The fourth-order valence-corrected chi connectivity index (χ4v) is 3.82. The van der Waals surface area contributed by atoms with Crippen LogP contribution in [0.1, 0.15) is 43.1 Å². The molecule has 1 aliphatic carbocycles. The number of carbonyl (C=O) groups is 3. The highest BCUT2D eigenvalue weighted by atomic mass is 16.6. The van der Waals surface area contributed by atoms with Crippen molar-refractivity contribution >= 4 is 18.0 Å². The van der Waals surface area contributed by atoms with E-state index in [-0.39, 0.29) is 11.1 Å². The van der Waals surface area contributed by atoms with Gasteiger partial charge in [0, 0.05) is 12.0 Å². The van der Waals surface area contributed by atoms with Crippen LogP contribution >= 0.6 is 0 Å². The zero-order valence-electron chi connectivity index (χ0n) is 16.5. The molecule has 9 nitrogen and oxygen atoms in total. The van der Waals surface area contributed by atoms with E-state index in [1.165, 1.54) is 12.1 Å². The molecule has 0 saturated carbocycles. The van der Waals surface area contributed by atoms with Crippen LogP contribution in [0.2, 0.25) is 0 Å². The fraction of sp³-hybridized carbons (Fsp3) is 0.450. The van der Waals surface area contributed by atoms with Gasteiger partial charge in [0.15, 0.2) is 0 Å². The highest BCUT2D eigenvalue weighted by Gasteiger charge is 2.61. The first-order valence-corrected chi connectivity index (χ1v) is 9.00. The fourth-order valence-electron chi connectivity index (χ4n) is 3.82. The Hall–Kier alpha value is -2.91. The van der Waals surface area contributed by atoms with Crippen molar-refractivity contribution in [1.82, 2.24) is 4.90 Å². The van der Waals surface area contributed by atoms with Gasteiger partial charge < -0.3 is 24.8 Å². The van der Waals surface area contributed by atoms with Gasteiger partial charge in [0.25, 0.3) is 5.91 Å². The Bertz CT molecular complexity index is 915. The molecule has 9 heteroatoms. The highest BCUT2D eigenvalue weighted by Crippen LogP contribution is 2.50. The number of methoxy groups -OCH3 is 1. The lowest BCUT2D eigenvalue weighted by Crippen LogP contribution is -2.60. The highest BCUT2D eigenvalue weighted by molar-refractivity contribution is 6.11. The van der Waals surface area contributed by atoms with E-state index in [4.69, 9.17) is 9.47 Å². The van der Waals surface area contributed by atoms with Crippen molar-refractivity contribution in [3.63, 3.8) is 0 Å². The van der Waals surface area contributed by atoms with E-state index in [0.717, 1.165) is 7.11 Å². The predicted molar refractivity (Wildman–Crippen MR) is 98.8 cm³/mol. The van der Waals surface area contributed by atoms with E-state index in [2.05, 4.69) is 0 Å². The molecule has 2 amide bonds. The van der Waals surface area contributed by atoms with Crippen LogP contribution < -0.4 is 0 Å². The molecule has 3 atom stereocenters. The van der Waals surface area contributed by atoms with Gasteiger partial charge in [-0.1, -0.05) is 18.2 Å². The van der Waals surface area contributed by atoms with Crippen LogP contribution in [0.4, 0.5) is 4.79 Å². The molecular formula is C20H23NO8. The average molecular weight is 405 g/mol. The Morgan fingerprint density at radius 3 is 2.41 bits per heavy atom. The molecular weight excluding hydrogens is 382 g/mol. The largest absolute Gasteiger partial charge is 0.508 e. The Balaban J connectivity index is 2.37. The quantitative estimate of drug-likeness (QED) is 0.597. The third kappa shape index (κ3) is 3.06. The second-order valence-electron chi connectivity index (χ2n) is 8.01. The number of nitrogens with zero attached hydrogens (tertiary/aromatic N) is 1. The maximum atomic E-state index is 13.2. The molecule has 29 heavy (non-hydrogen) atoms. The van der Waals surface area contributed by atoms with Crippen LogP contribution in [0.25, 0.3) is 0 Å². The van der Waals surface area contributed by atoms with E-state index < -0.39 is 59.1 Å². The zero-order chi connectivity index (χ0) is 21.7. The van der Waals surface area contributed by atoms with Crippen LogP contribution in [-0.2, 0) is 19.7 Å². The minimum Gasteiger partial charge on any atom is -0.508 e. The van der Waals surface area contributed by atoms with Gasteiger partial charge in [-0.2, -0.15) is 0 Å². The topological polar surface area (TPSA) is 134 Å². The van der Waals surface area contributed by atoms with E-state index >= 15 is 0 Å². The lowest BCUT2D eigenvalue weighted by molar-refractivity contribution is -0.150. The number of benzene rings is 1. The molecule has 0 radical (unpaired) electrons. The SMILES string of the molecule is COC(=O)[C@]12C[C@@H](O)[C@@H](O)C(O)=C1N(C(=O)OC(C)(C)C)C(=O)c1ccccc12. The Labute approximate surface area is 167 Å². The van der Waals surface area contributed by atoms with Crippen molar-refractivity contribution in [3.05, 3.63) is 46.8 Å². The minimum atomic E-state index is -1.89. The van der Waals surface area contributed by atoms with Crippen molar-refractivity contribution in [2.24, 2.45) is 0 Å².